The van der Waals surface area contributed by atoms with Crippen molar-refractivity contribution in [2.24, 2.45) is 0 Å². The summed E-state index contributed by atoms with van der Waals surface area (Å²) in [6, 6.07) is 11.7. The molecular weight excluding hydrogens is 316 g/mol. The Kier molecular flexibility index (Phi) is 5.40. The highest BCUT2D eigenvalue weighted by atomic mass is 16.5. The average Bonchev–Trinajstić information content (AvgIpc) is 3.14. The van der Waals surface area contributed by atoms with E-state index >= 15 is 0 Å². The zero-order valence-electron chi connectivity index (χ0n) is 14.8. The monoisotopic (exact) mass is 338 g/mol. The second kappa shape index (κ2) is 7.90. The lowest BCUT2D eigenvalue weighted by molar-refractivity contribution is 0.273. The summed E-state index contributed by atoms with van der Waals surface area (Å²) >= 11 is 0. The molecule has 0 aliphatic carbocycles. The number of rotatable bonds is 7. The number of hydrogen-bond acceptors (Lipinski definition) is 6. The summed E-state index contributed by atoms with van der Waals surface area (Å²) in [5, 5.41) is 8.53. The van der Waals surface area contributed by atoms with Gasteiger partial charge in [0.25, 0.3) is 0 Å². The molecule has 3 aromatic rings. The Morgan fingerprint density at radius 2 is 1.88 bits per heavy atom. The van der Waals surface area contributed by atoms with Crippen molar-refractivity contribution >= 4 is 0 Å². The Bertz CT molecular complexity index is 799. The second-order valence-corrected chi connectivity index (χ2v) is 6.14. The minimum Gasteiger partial charge on any atom is -0.476 e. The van der Waals surface area contributed by atoms with Crippen LogP contribution in [0.3, 0.4) is 0 Å². The number of nitrogens with zero attached hydrogens (tertiary/aromatic N) is 4. The molecule has 0 saturated carbocycles. The Labute approximate surface area is 147 Å². The smallest absolute Gasteiger partial charge is 0.244 e. The molecule has 0 bridgehead atoms. The van der Waals surface area contributed by atoms with Gasteiger partial charge in [-0.15, -0.1) is 10.2 Å². The summed E-state index contributed by atoms with van der Waals surface area (Å²) in [6.45, 7) is 3.56. The van der Waals surface area contributed by atoms with Crippen LogP contribution in [0.1, 0.15) is 12.0 Å². The summed E-state index contributed by atoms with van der Waals surface area (Å²) in [5.74, 6) is 1.47. The van der Waals surface area contributed by atoms with Gasteiger partial charge in [-0.2, -0.15) is 4.98 Å². The molecule has 2 aromatic heterocycles. The van der Waals surface area contributed by atoms with Gasteiger partial charge in [0.1, 0.15) is 0 Å². The predicted octanol–water partition coefficient (Wildman–Crippen LogP) is 3.44. The highest BCUT2D eigenvalue weighted by molar-refractivity contribution is 5.65. The quantitative estimate of drug-likeness (QED) is 0.615. The van der Waals surface area contributed by atoms with Crippen LogP contribution in [0.15, 0.2) is 47.1 Å². The topological polar surface area (TPSA) is 64.3 Å². The molecule has 0 radical (unpaired) electrons. The zero-order valence-corrected chi connectivity index (χ0v) is 14.8. The highest BCUT2D eigenvalue weighted by Crippen LogP contribution is 2.28. The molecule has 0 saturated heterocycles. The van der Waals surface area contributed by atoms with E-state index < -0.39 is 0 Å². The predicted molar refractivity (Wildman–Crippen MR) is 96.4 cm³/mol. The molecule has 6 nitrogen and oxygen atoms in total. The van der Waals surface area contributed by atoms with E-state index in [0.29, 0.717) is 29.8 Å². The average molecular weight is 338 g/mol. The lowest BCUT2D eigenvalue weighted by Crippen LogP contribution is -2.16. The van der Waals surface area contributed by atoms with Crippen molar-refractivity contribution in [3.8, 4) is 28.7 Å². The number of aryl methyl sites for hydroxylation is 1. The minimum absolute atomic E-state index is 0.420. The number of furan rings is 1. The van der Waals surface area contributed by atoms with Crippen LogP contribution in [0.2, 0.25) is 0 Å². The molecule has 0 atom stereocenters. The lowest BCUT2D eigenvalue weighted by atomic mass is 10.1. The van der Waals surface area contributed by atoms with Gasteiger partial charge in [-0.1, -0.05) is 29.8 Å². The molecule has 0 N–H and O–H groups in total. The van der Waals surface area contributed by atoms with E-state index in [1.807, 2.05) is 45.3 Å². The molecule has 2 heterocycles. The highest BCUT2D eigenvalue weighted by Gasteiger charge is 2.15. The summed E-state index contributed by atoms with van der Waals surface area (Å²) in [5.41, 5.74) is 2.75. The molecule has 0 fully saturated rings. The van der Waals surface area contributed by atoms with E-state index in [9.17, 15) is 0 Å². The van der Waals surface area contributed by atoms with Crippen LogP contribution in [0.4, 0.5) is 0 Å². The Morgan fingerprint density at radius 3 is 2.56 bits per heavy atom. The van der Waals surface area contributed by atoms with Gasteiger partial charge in [-0.3, -0.25) is 0 Å². The molecule has 0 unspecified atom stereocenters. The van der Waals surface area contributed by atoms with E-state index in [1.165, 1.54) is 5.56 Å². The lowest BCUT2D eigenvalue weighted by Gasteiger charge is -2.12. The maximum absolute atomic E-state index is 5.93. The number of ether oxygens (including phenoxy) is 1. The molecule has 25 heavy (non-hydrogen) atoms. The van der Waals surface area contributed by atoms with Crippen LogP contribution in [0, 0.1) is 6.92 Å². The van der Waals surface area contributed by atoms with Crippen molar-refractivity contribution in [1.82, 2.24) is 20.1 Å². The van der Waals surface area contributed by atoms with Gasteiger partial charge in [0.15, 0.2) is 11.5 Å². The van der Waals surface area contributed by atoms with Crippen molar-refractivity contribution in [1.29, 1.82) is 0 Å². The summed E-state index contributed by atoms with van der Waals surface area (Å²) < 4.78 is 11.3. The van der Waals surface area contributed by atoms with Gasteiger partial charge in [0.05, 0.1) is 12.9 Å². The molecule has 130 valence electrons. The van der Waals surface area contributed by atoms with Crippen molar-refractivity contribution in [3.05, 3.63) is 48.2 Å². The first kappa shape index (κ1) is 17.1. The van der Waals surface area contributed by atoms with Crippen molar-refractivity contribution in [2.45, 2.75) is 13.3 Å². The van der Waals surface area contributed by atoms with Gasteiger partial charge < -0.3 is 14.1 Å². The van der Waals surface area contributed by atoms with Crippen LogP contribution >= 0.6 is 0 Å². The van der Waals surface area contributed by atoms with E-state index in [0.717, 1.165) is 18.5 Å². The molecule has 6 heteroatoms. The first-order valence-electron chi connectivity index (χ1n) is 8.26. The van der Waals surface area contributed by atoms with E-state index in [2.05, 4.69) is 20.1 Å². The Morgan fingerprint density at radius 1 is 1.08 bits per heavy atom. The largest absolute Gasteiger partial charge is 0.476 e. The molecule has 0 spiro atoms. The van der Waals surface area contributed by atoms with Crippen LogP contribution in [-0.4, -0.2) is 47.3 Å². The molecule has 0 amide bonds. The van der Waals surface area contributed by atoms with Crippen LogP contribution in [0.5, 0.6) is 5.88 Å². The molecular formula is C19H22N4O2. The third-order valence-electron chi connectivity index (χ3n) is 3.71. The molecule has 1 aromatic carbocycles. The third-order valence-corrected chi connectivity index (χ3v) is 3.71. The number of aromatic nitrogens is 3. The van der Waals surface area contributed by atoms with Gasteiger partial charge >= 0.3 is 0 Å². The first-order valence-corrected chi connectivity index (χ1v) is 8.26. The zero-order chi connectivity index (χ0) is 17.6. The normalized spacial score (nSPS) is 11.0. The SMILES string of the molecule is Cc1ccc(-c2nnc(-c3ccco3)nc2OCCCN(C)C)cc1. The van der Waals surface area contributed by atoms with Crippen molar-refractivity contribution in [2.75, 3.05) is 27.2 Å². The van der Waals surface area contributed by atoms with E-state index in [1.54, 1.807) is 18.4 Å². The van der Waals surface area contributed by atoms with Crippen molar-refractivity contribution in [3.63, 3.8) is 0 Å². The van der Waals surface area contributed by atoms with E-state index in [4.69, 9.17) is 9.15 Å². The van der Waals surface area contributed by atoms with Gasteiger partial charge in [-0.25, -0.2) is 0 Å². The van der Waals surface area contributed by atoms with Crippen molar-refractivity contribution < 1.29 is 9.15 Å². The third kappa shape index (κ3) is 4.42. The fourth-order valence-corrected chi connectivity index (χ4v) is 2.36. The maximum Gasteiger partial charge on any atom is 0.244 e. The van der Waals surface area contributed by atoms with Gasteiger partial charge in [-0.05, 0) is 39.6 Å². The van der Waals surface area contributed by atoms with E-state index in [-0.39, 0.29) is 0 Å². The van der Waals surface area contributed by atoms with Gasteiger partial charge in [0, 0.05) is 12.1 Å². The van der Waals surface area contributed by atoms with Gasteiger partial charge in [0.2, 0.25) is 11.7 Å². The Balaban J connectivity index is 1.88. The number of benzene rings is 1. The maximum atomic E-state index is 5.93. The summed E-state index contributed by atoms with van der Waals surface area (Å²) in [7, 11) is 4.08. The first-order chi connectivity index (χ1) is 12.1. The van der Waals surface area contributed by atoms with Crippen LogP contribution < -0.4 is 4.74 Å². The minimum atomic E-state index is 0.420. The van der Waals surface area contributed by atoms with Crippen LogP contribution in [0.25, 0.3) is 22.8 Å². The molecule has 3 rings (SSSR count). The Hall–Kier alpha value is -2.73. The summed E-state index contributed by atoms with van der Waals surface area (Å²) in [6.07, 6.45) is 2.49. The molecule has 0 aliphatic heterocycles. The number of hydrogen-bond donors (Lipinski definition) is 0. The second-order valence-electron chi connectivity index (χ2n) is 6.14. The summed E-state index contributed by atoms with van der Waals surface area (Å²) in [4.78, 5) is 6.65. The standard InChI is InChI=1S/C19H22N4O2/c1-14-7-9-15(10-8-14)17-19(25-13-5-11-23(2)3)20-18(22-21-17)16-6-4-12-24-16/h4,6-10,12H,5,11,13H2,1-3H3. The fourth-order valence-electron chi connectivity index (χ4n) is 2.36. The molecule has 0 aliphatic rings. The van der Waals surface area contributed by atoms with Crippen LogP contribution in [-0.2, 0) is 0 Å². The fraction of sp³-hybridized carbons (Fsp3) is 0.316.